The largest absolute Gasteiger partial charge is 0.325 e. The summed E-state index contributed by atoms with van der Waals surface area (Å²) in [5, 5.41) is 3.98. The number of nitrogens with zero attached hydrogens (tertiary/aromatic N) is 2. The molecule has 1 aromatic heterocycles. The van der Waals surface area contributed by atoms with Crippen LogP contribution in [0.3, 0.4) is 0 Å². The van der Waals surface area contributed by atoms with Gasteiger partial charge in [-0.1, -0.05) is 39.8 Å². The predicted molar refractivity (Wildman–Crippen MR) is 110 cm³/mol. The molecule has 1 heterocycles. The van der Waals surface area contributed by atoms with E-state index in [2.05, 4.69) is 26.2 Å². The van der Waals surface area contributed by atoms with Gasteiger partial charge in [0.05, 0.1) is 16.7 Å². The highest BCUT2D eigenvalue weighted by molar-refractivity contribution is 9.10. The zero-order valence-corrected chi connectivity index (χ0v) is 16.9. The summed E-state index contributed by atoms with van der Waals surface area (Å²) in [6.45, 7) is 4.36. The van der Waals surface area contributed by atoms with Crippen LogP contribution in [0.1, 0.15) is 12.5 Å². The van der Waals surface area contributed by atoms with E-state index in [9.17, 15) is 9.59 Å². The third-order valence-electron chi connectivity index (χ3n) is 3.83. The second kappa shape index (κ2) is 8.05. The van der Waals surface area contributed by atoms with Crippen LogP contribution in [-0.4, -0.2) is 21.2 Å². The fraction of sp³-hybridized carbons (Fsp3) is 0.211. The second-order valence-electron chi connectivity index (χ2n) is 5.81. The molecule has 0 aliphatic carbocycles. The maximum atomic E-state index is 12.7. The van der Waals surface area contributed by atoms with E-state index < -0.39 is 0 Å². The van der Waals surface area contributed by atoms with E-state index in [-0.39, 0.29) is 17.2 Å². The minimum atomic E-state index is -0.131. The van der Waals surface area contributed by atoms with Crippen LogP contribution in [0.25, 0.3) is 10.9 Å². The van der Waals surface area contributed by atoms with Gasteiger partial charge in [-0.25, -0.2) is 4.98 Å². The first-order valence-corrected chi connectivity index (χ1v) is 9.95. The lowest BCUT2D eigenvalue weighted by Gasteiger charge is -2.11. The van der Waals surface area contributed by atoms with Gasteiger partial charge in [0, 0.05) is 16.7 Å². The molecule has 1 N–H and O–H groups in total. The zero-order chi connectivity index (χ0) is 18.7. The number of fused-ring (bicyclic) bond motifs is 1. The quantitative estimate of drug-likeness (QED) is 0.485. The lowest BCUT2D eigenvalue weighted by molar-refractivity contribution is -0.113. The number of aromatic nitrogens is 2. The van der Waals surface area contributed by atoms with Crippen molar-refractivity contribution < 1.29 is 4.79 Å². The molecule has 0 aliphatic heterocycles. The van der Waals surface area contributed by atoms with Gasteiger partial charge in [0.15, 0.2) is 5.16 Å². The Morgan fingerprint density at radius 1 is 1.27 bits per heavy atom. The topological polar surface area (TPSA) is 64.0 Å². The Kier molecular flexibility index (Phi) is 5.78. The van der Waals surface area contributed by atoms with Gasteiger partial charge >= 0.3 is 0 Å². The van der Waals surface area contributed by atoms with Crippen LogP contribution in [0.2, 0.25) is 0 Å². The lowest BCUT2D eigenvalue weighted by atomic mass is 10.2. The summed E-state index contributed by atoms with van der Waals surface area (Å²) in [5.74, 6) is 0.0518. The van der Waals surface area contributed by atoms with Gasteiger partial charge < -0.3 is 5.32 Å². The highest BCUT2D eigenvalue weighted by Crippen LogP contribution is 2.21. The van der Waals surface area contributed by atoms with Gasteiger partial charge in [0.2, 0.25) is 5.91 Å². The normalized spacial score (nSPS) is 10.9. The Bertz CT molecular complexity index is 1030. The lowest BCUT2D eigenvalue weighted by Crippen LogP contribution is -2.23. The van der Waals surface area contributed by atoms with E-state index in [1.165, 1.54) is 11.8 Å². The fourth-order valence-corrected chi connectivity index (χ4v) is 3.84. The molecule has 0 atom stereocenters. The monoisotopic (exact) mass is 431 g/mol. The summed E-state index contributed by atoms with van der Waals surface area (Å²) >= 11 is 4.65. The molecule has 7 heteroatoms. The van der Waals surface area contributed by atoms with E-state index in [1.807, 2.05) is 44.2 Å². The minimum Gasteiger partial charge on any atom is -0.325 e. The average molecular weight is 432 g/mol. The molecule has 0 saturated carbocycles. The number of rotatable bonds is 5. The number of anilines is 1. The molecular formula is C19H18BrN3O2S. The highest BCUT2D eigenvalue weighted by atomic mass is 79.9. The van der Waals surface area contributed by atoms with Crippen molar-refractivity contribution in [3.8, 4) is 0 Å². The Labute approximate surface area is 164 Å². The Morgan fingerprint density at radius 2 is 2.08 bits per heavy atom. The Hall–Kier alpha value is -2.12. The molecule has 0 radical (unpaired) electrons. The van der Waals surface area contributed by atoms with Gasteiger partial charge in [0.1, 0.15) is 0 Å². The minimum absolute atomic E-state index is 0.0969. The smallest absolute Gasteiger partial charge is 0.262 e. The molecule has 134 valence electrons. The third-order valence-corrected chi connectivity index (χ3v) is 5.30. The Morgan fingerprint density at radius 3 is 2.81 bits per heavy atom. The zero-order valence-electron chi connectivity index (χ0n) is 14.5. The van der Waals surface area contributed by atoms with Crippen molar-refractivity contribution in [3.63, 3.8) is 0 Å². The van der Waals surface area contributed by atoms with Gasteiger partial charge in [-0.05, 0) is 49.7 Å². The van der Waals surface area contributed by atoms with Crippen LogP contribution < -0.4 is 10.9 Å². The number of carbonyl (C=O) groups excluding carboxylic acids is 1. The molecular weight excluding hydrogens is 414 g/mol. The summed E-state index contributed by atoms with van der Waals surface area (Å²) in [5.41, 5.74) is 2.38. The molecule has 26 heavy (non-hydrogen) atoms. The maximum Gasteiger partial charge on any atom is 0.262 e. The number of amides is 1. The van der Waals surface area contributed by atoms with E-state index >= 15 is 0 Å². The van der Waals surface area contributed by atoms with Crippen LogP contribution in [0.5, 0.6) is 0 Å². The number of halogens is 1. The molecule has 1 amide bonds. The second-order valence-corrected chi connectivity index (χ2v) is 7.67. The van der Waals surface area contributed by atoms with Crippen LogP contribution in [0.15, 0.2) is 56.9 Å². The standard InChI is InChI=1S/C19H18BrN3O2S/c1-3-23-18(25)15-10-13(20)7-8-16(15)22-19(23)26-11-17(24)21-14-6-4-5-12(2)9-14/h4-10H,3,11H2,1-2H3,(H,21,24). The van der Waals surface area contributed by atoms with Crippen LogP contribution in [0, 0.1) is 6.92 Å². The summed E-state index contributed by atoms with van der Waals surface area (Å²) in [7, 11) is 0. The van der Waals surface area contributed by atoms with Crippen molar-refractivity contribution in [1.29, 1.82) is 0 Å². The third kappa shape index (κ3) is 4.16. The first-order valence-electron chi connectivity index (χ1n) is 8.17. The van der Waals surface area contributed by atoms with Crippen LogP contribution >= 0.6 is 27.7 Å². The molecule has 0 fully saturated rings. The van der Waals surface area contributed by atoms with E-state index in [1.54, 1.807) is 16.7 Å². The van der Waals surface area contributed by atoms with E-state index in [0.29, 0.717) is 22.6 Å². The fourth-order valence-electron chi connectivity index (χ4n) is 2.61. The van der Waals surface area contributed by atoms with Gasteiger partial charge in [-0.15, -0.1) is 0 Å². The van der Waals surface area contributed by atoms with Crippen molar-refractivity contribution in [1.82, 2.24) is 9.55 Å². The van der Waals surface area contributed by atoms with E-state index in [4.69, 9.17) is 0 Å². The SMILES string of the molecule is CCn1c(SCC(=O)Nc2cccc(C)c2)nc2ccc(Br)cc2c1=O. The van der Waals surface area contributed by atoms with Gasteiger partial charge in [0.25, 0.3) is 5.56 Å². The summed E-state index contributed by atoms with van der Waals surface area (Å²) < 4.78 is 2.43. The van der Waals surface area contributed by atoms with E-state index in [0.717, 1.165) is 15.7 Å². The van der Waals surface area contributed by atoms with Crippen LogP contribution in [0.4, 0.5) is 5.69 Å². The Balaban J connectivity index is 1.81. The molecule has 3 aromatic rings. The number of aryl methyl sites for hydroxylation is 1. The average Bonchev–Trinajstić information content (AvgIpc) is 2.61. The molecule has 0 spiro atoms. The summed E-state index contributed by atoms with van der Waals surface area (Å²) in [6.07, 6.45) is 0. The number of hydrogen-bond acceptors (Lipinski definition) is 4. The van der Waals surface area contributed by atoms with Crippen molar-refractivity contribution in [2.24, 2.45) is 0 Å². The molecule has 0 unspecified atom stereocenters. The molecule has 3 rings (SSSR count). The summed E-state index contributed by atoms with van der Waals surface area (Å²) in [4.78, 5) is 29.5. The number of benzene rings is 2. The summed E-state index contributed by atoms with van der Waals surface area (Å²) in [6, 6.07) is 13.1. The first-order chi connectivity index (χ1) is 12.5. The molecule has 0 aliphatic rings. The molecule has 0 saturated heterocycles. The van der Waals surface area contributed by atoms with Crippen molar-refractivity contribution in [2.45, 2.75) is 25.5 Å². The van der Waals surface area contributed by atoms with Gasteiger partial charge in [-0.2, -0.15) is 0 Å². The first kappa shape index (κ1) is 18.7. The number of thioether (sulfide) groups is 1. The van der Waals surface area contributed by atoms with Crippen molar-refractivity contribution >= 4 is 50.2 Å². The maximum absolute atomic E-state index is 12.7. The number of carbonyl (C=O) groups is 1. The highest BCUT2D eigenvalue weighted by Gasteiger charge is 2.13. The van der Waals surface area contributed by atoms with Gasteiger partial charge in [-0.3, -0.25) is 14.2 Å². The number of nitrogens with one attached hydrogen (secondary N) is 1. The van der Waals surface area contributed by atoms with Crippen molar-refractivity contribution in [3.05, 3.63) is 62.9 Å². The molecule has 0 bridgehead atoms. The molecule has 2 aromatic carbocycles. The number of hydrogen-bond donors (Lipinski definition) is 1. The molecule has 5 nitrogen and oxygen atoms in total. The predicted octanol–water partition coefficient (Wildman–Crippen LogP) is 4.22. The van der Waals surface area contributed by atoms with Crippen molar-refractivity contribution in [2.75, 3.05) is 11.1 Å². The van der Waals surface area contributed by atoms with Crippen LogP contribution in [-0.2, 0) is 11.3 Å².